The SMILES string of the molecule is CCCN(CCO)c1nc2sccn2c1CNC. The Labute approximate surface area is 111 Å². The van der Waals surface area contributed by atoms with Crippen molar-refractivity contribution in [3.8, 4) is 0 Å². The van der Waals surface area contributed by atoms with E-state index in [1.807, 2.05) is 18.6 Å². The van der Waals surface area contributed by atoms with Crippen LogP contribution in [0.5, 0.6) is 0 Å². The number of nitrogens with one attached hydrogen (secondary N) is 1. The lowest BCUT2D eigenvalue weighted by Gasteiger charge is -2.22. The van der Waals surface area contributed by atoms with Gasteiger partial charge >= 0.3 is 0 Å². The van der Waals surface area contributed by atoms with Crippen LogP contribution in [-0.2, 0) is 6.54 Å². The Balaban J connectivity index is 2.39. The van der Waals surface area contributed by atoms with Crippen LogP contribution >= 0.6 is 11.3 Å². The van der Waals surface area contributed by atoms with Gasteiger partial charge in [0.2, 0.25) is 0 Å². The third-order valence-corrected chi connectivity index (χ3v) is 3.60. The smallest absolute Gasteiger partial charge is 0.195 e. The number of aromatic nitrogens is 2. The number of thiazole rings is 1. The van der Waals surface area contributed by atoms with Crippen molar-refractivity contribution < 1.29 is 5.11 Å². The molecule has 2 aromatic heterocycles. The van der Waals surface area contributed by atoms with Gasteiger partial charge in [0, 0.05) is 31.2 Å². The average Bonchev–Trinajstić information content (AvgIpc) is 2.92. The summed E-state index contributed by atoms with van der Waals surface area (Å²) in [7, 11) is 1.94. The number of hydrogen-bond acceptors (Lipinski definition) is 5. The number of aliphatic hydroxyl groups excluding tert-OH is 1. The third-order valence-electron chi connectivity index (χ3n) is 2.85. The molecule has 0 fully saturated rings. The van der Waals surface area contributed by atoms with Gasteiger partial charge in [-0.25, -0.2) is 4.98 Å². The fourth-order valence-electron chi connectivity index (χ4n) is 2.12. The summed E-state index contributed by atoms with van der Waals surface area (Å²) in [4.78, 5) is 7.85. The zero-order valence-electron chi connectivity index (χ0n) is 10.9. The molecule has 0 radical (unpaired) electrons. The van der Waals surface area contributed by atoms with Crippen LogP contribution in [0.2, 0.25) is 0 Å². The summed E-state index contributed by atoms with van der Waals surface area (Å²) in [5.74, 6) is 0.993. The Morgan fingerprint density at radius 2 is 2.33 bits per heavy atom. The number of anilines is 1. The van der Waals surface area contributed by atoms with Gasteiger partial charge in [-0.05, 0) is 13.5 Å². The number of aliphatic hydroxyl groups is 1. The largest absolute Gasteiger partial charge is 0.395 e. The summed E-state index contributed by atoms with van der Waals surface area (Å²) >= 11 is 1.64. The van der Waals surface area contributed by atoms with Crippen molar-refractivity contribution in [1.29, 1.82) is 0 Å². The second kappa shape index (κ2) is 6.17. The summed E-state index contributed by atoms with van der Waals surface area (Å²) in [5, 5.41) is 14.4. The zero-order chi connectivity index (χ0) is 13.0. The highest BCUT2D eigenvalue weighted by atomic mass is 32.1. The molecule has 0 aliphatic heterocycles. The van der Waals surface area contributed by atoms with E-state index >= 15 is 0 Å². The quantitative estimate of drug-likeness (QED) is 0.795. The van der Waals surface area contributed by atoms with Crippen molar-refractivity contribution in [3.05, 3.63) is 17.3 Å². The molecule has 2 N–H and O–H groups in total. The Morgan fingerprint density at radius 3 is 3.00 bits per heavy atom. The molecule has 100 valence electrons. The van der Waals surface area contributed by atoms with Gasteiger partial charge in [-0.3, -0.25) is 4.40 Å². The second-order valence-electron chi connectivity index (χ2n) is 4.18. The van der Waals surface area contributed by atoms with E-state index in [-0.39, 0.29) is 6.61 Å². The maximum atomic E-state index is 9.18. The molecular formula is C12H20N4OS. The molecule has 0 spiro atoms. The number of fused-ring (bicyclic) bond motifs is 1. The molecule has 5 nitrogen and oxygen atoms in total. The van der Waals surface area contributed by atoms with Crippen LogP contribution < -0.4 is 10.2 Å². The first-order valence-corrected chi connectivity index (χ1v) is 7.14. The van der Waals surface area contributed by atoms with E-state index in [2.05, 4.69) is 26.5 Å². The number of nitrogens with zero attached hydrogens (tertiary/aromatic N) is 3. The first kappa shape index (κ1) is 13.3. The highest BCUT2D eigenvalue weighted by Gasteiger charge is 2.17. The Kier molecular flexibility index (Phi) is 4.57. The zero-order valence-corrected chi connectivity index (χ0v) is 11.7. The molecule has 0 aliphatic rings. The second-order valence-corrected chi connectivity index (χ2v) is 5.05. The van der Waals surface area contributed by atoms with Crippen LogP contribution in [0.1, 0.15) is 19.0 Å². The number of hydrogen-bond donors (Lipinski definition) is 2. The standard InChI is InChI=1S/C12H20N4OS/c1-3-4-15(5-7-17)11-10(9-13-2)16-6-8-18-12(16)14-11/h6,8,13,17H,3-5,7,9H2,1-2H3. The van der Waals surface area contributed by atoms with E-state index in [0.29, 0.717) is 6.54 Å². The Hall–Kier alpha value is -1.11. The van der Waals surface area contributed by atoms with Gasteiger partial charge in [0.15, 0.2) is 10.8 Å². The molecule has 0 amide bonds. The van der Waals surface area contributed by atoms with E-state index in [9.17, 15) is 5.11 Å². The Morgan fingerprint density at radius 1 is 1.50 bits per heavy atom. The monoisotopic (exact) mass is 268 g/mol. The van der Waals surface area contributed by atoms with E-state index < -0.39 is 0 Å². The van der Waals surface area contributed by atoms with Crippen molar-refractivity contribution in [1.82, 2.24) is 14.7 Å². The van der Waals surface area contributed by atoms with Crippen LogP contribution in [0.3, 0.4) is 0 Å². The summed E-state index contributed by atoms with van der Waals surface area (Å²) < 4.78 is 2.12. The minimum atomic E-state index is 0.157. The van der Waals surface area contributed by atoms with Crippen molar-refractivity contribution >= 4 is 22.1 Å². The lowest BCUT2D eigenvalue weighted by Crippen LogP contribution is -2.29. The first-order chi connectivity index (χ1) is 8.81. The predicted octanol–water partition coefficient (Wildman–Crippen LogP) is 1.32. The minimum absolute atomic E-state index is 0.157. The average molecular weight is 268 g/mol. The normalized spacial score (nSPS) is 11.3. The van der Waals surface area contributed by atoms with Crippen LogP contribution in [0.25, 0.3) is 4.96 Å². The lowest BCUT2D eigenvalue weighted by atomic mass is 10.3. The van der Waals surface area contributed by atoms with E-state index in [0.717, 1.165) is 36.0 Å². The topological polar surface area (TPSA) is 52.8 Å². The Bertz CT molecular complexity index is 487. The maximum absolute atomic E-state index is 9.18. The fourth-order valence-corrected chi connectivity index (χ4v) is 2.85. The van der Waals surface area contributed by atoms with Crippen molar-refractivity contribution in [2.75, 3.05) is 31.6 Å². The molecule has 6 heteroatoms. The number of rotatable bonds is 7. The van der Waals surface area contributed by atoms with Gasteiger partial charge in [-0.15, -0.1) is 11.3 Å². The fraction of sp³-hybridized carbons (Fsp3) is 0.583. The molecule has 0 unspecified atom stereocenters. The third kappa shape index (κ3) is 2.50. The molecule has 0 saturated heterocycles. The minimum Gasteiger partial charge on any atom is -0.395 e. The van der Waals surface area contributed by atoms with Gasteiger partial charge in [-0.1, -0.05) is 6.92 Å². The lowest BCUT2D eigenvalue weighted by molar-refractivity contribution is 0.301. The summed E-state index contributed by atoms with van der Waals surface area (Å²) in [5.41, 5.74) is 1.16. The molecule has 0 aliphatic carbocycles. The summed E-state index contributed by atoms with van der Waals surface area (Å²) in [6.07, 6.45) is 3.09. The molecule has 18 heavy (non-hydrogen) atoms. The predicted molar refractivity (Wildman–Crippen MR) is 75.4 cm³/mol. The molecule has 0 aromatic carbocycles. The summed E-state index contributed by atoms with van der Waals surface area (Å²) in [6, 6.07) is 0. The van der Waals surface area contributed by atoms with Gasteiger partial charge in [-0.2, -0.15) is 0 Å². The van der Waals surface area contributed by atoms with Crippen molar-refractivity contribution in [3.63, 3.8) is 0 Å². The van der Waals surface area contributed by atoms with Gasteiger partial charge < -0.3 is 15.3 Å². The van der Waals surface area contributed by atoms with E-state index in [1.165, 1.54) is 0 Å². The maximum Gasteiger partial charge on any atom is 0.195 e. The molecule has 0 bridgehead atoms. The molecule has 2 rings (SSSR count). The highest BCUT2D eigenvalue weighted by Crippen LogP contribution is 2.24. The van der Waals surface area contributed by atoms with Gasteiger partial charge in [0.1, 0.15) is 0 Å². The summed E-state index contributed by atoms with van der Waals surface area (Å²) in [6.45, 7) is 4.63. The molecular weight excluding hydrogens is 248 g/mol. The molecule has 2 heterocycles. The van der Waals surface area contributed by atoms with Crippen LogP contribution in [-0.4, -0.2) is 41.2 Å². The van der Waals surface area contributed by atoms with Crippen molar-refractivity contribution in [2.45, 2.75) is 19.9 Å². The van der Waals surface area contributed by atoms with E-state index in [4.69, 9.17) is 0 Å². The van der Waals surface area contributed by atoms with Crippen LogP contribution in [0.4, 0.5) is 5.82 Å². The van der Waals surface area contributed by atoms with Crippen molar-refractivity contribution in [2.24, 2.45) is 0 Å². The van der Waals surface area contributed by atoms with Crippen LogP contribution in [0, 0.1) is 0 Å². The first-order valence-electron chi connectivity index (χ1n) is 6.26. The highest BCUT2D eigenvalue weighted by molar-refractivity contribution is 7.15. The molecule has 0 atom stereocenters. The van der Waals surface area contributed by atoms with Gasteiger partial charge in [0.05, 0.1) is 12.3 Å². The van der Waals surface area contributed by atoms with E-state index in [1.54, 1.807) is 11.3 Å². The van der Waals surface area contributed by atoms with Crippen LogP contribution in [0.15, 0.2) is 11.6 Å². The molecule has 0 saturated carbocycles. The number of imidazole rings is 1. The van der Waals surface area contributed by atoms with Gasteiger partial charge in [0.25, 0.3) is 0 Å². The molecule has 2 aromatic rings.